The van der Waals surface area contributed by atoms with Crippen molar-refractivity contribution in [2.24, 2.45) is 5.73 Å². The second kappa shape index (κ2) is 11.0. The van der Waals surface area contributed by atoms with Crippen molar-refractivity contribution < 1.29 is 35.9 Å². The van der Waals surface area contributed by atoms with Crippen molar-refractivity contribution in [3.63, 3.8) is 0 Å². The Balaban J connectivity index is 2.23. The molecule has 0 radical (unpaired) electrons. The number of nitrogens with zero attached hydrogens (tertiary/aromatic N) is 1. The Kier molecular flexibility index (Phi) is 8.68. The molecule has 184 valence electrons. The average molecular weight is 507 g/mol. The zero-order valence-corrected chi connectivity index (χ0v) is 18.3. The molecule has 0 aliphatic rings. The number of alkyl halides is 6. The van der Waals surface area contributed by atoms with Crippen LogP contribution in [0, 0.1) is 0 Å². The second-order valence-electron chi connectivity index (χ2n) is 6.65. The fourth-order valence-corrected chi connectivity index (χ4v) is 3.17. The molecule has 0 unspecified atom stereocenters. The van der Waals surface area contributed by atoms with Crippen molar-refractivity contribution in [2.45, 2.75) is 18.8 Å². The predicted molar refractivity (Wildman–Crippen MR) is 113 cm³/mol. The topological polar surface area (TPSA) is 109 Å². The Bertz CT molecular complexity index is 1080. The Morgan fingerprint density at radius 2 is 1.85 bits per heavy atom. The molecule has 34 heavy (non-hydrogen) atoms. The van der Waals surface area contributed by atoms with Crippen LogP contribution in [0.1, 0.15) is 27.2 Å². The second-order valence-corrected chi connectivity index (χ2v) is 7.37. The molecule has 2 amide bonds. The molecule has 2 aromatic rings. The predicted octanol–water partition coefficient (Wildman–Crippen LogP) is 3.17. The van der Waals surface area contributed by atoms with Crippen molar-refractivity contribution in [1.82, 2.24) is 20.9 Å². The van der Waals surface area contributed by atoms with Gasteiger partial charge in [0.05, 0.1) is 11.1 Å². The van der Waals surface area contributed by atoms with Gasteiger partial charge in [0.15, 0.2) is 0 Å². The van der Waals surface area contributed by atoms with Gasteiger partial charge in [0.1, 0.15) is 11.5 Å². The van der Waals surface area contributed by atoms with Crippen LogP contribution < -0.4 is 21.7 Å². The summed E-state index contributed by atoms with van der Waals surface area (Å²) in [7, 11) is 1.52. The Morgan fingerprint density at radius 3 is 2.41 bits per heavy atom. The first-order chi connectivity index (χ1) is 15.8. The van der Waals surface area contributed by atoms with E-state index >= 15 is 0 Å². The quantitative estimate of drug-likeness (QED) is 0.324. The highest BCUT2D eigenvalue weighted by Gasteiger charge is 2.38. The van der Waals surface area contributed by atoms with Gasteiger partial charge in [-0.3, -0.25) is 9.59 Å². The van der Waals surface area contributed by atoms with Crippen molar-refractivity contribution in [3.05, 3.63) is 69.4 Å². The lowest BCUT2D eigenvalue weighted by Gasteiger charge is -2.15. The van der Waals surface area contributed by atoms with Gasteiger partial charge in [-0.2, -0.15) is 26.3 Å². The van der Waals surface area contributed by atoms with Gasteiger partial charge in [0, 0.05) is 24.7 Å². The molecular formula is C20H19F6N5O2S. The molecule has 5 N–H and O–H groups in total. The third-order valence-electron chi connectivity index (χ3n) is 4.29. The monoisotopic (exact) mass is 507 g/mol. The summed E-state index contributed by atoms with van der Waals surface area (Å²) in [6.45, 7) is -0.666. The number of hydrogen-bond donors (Lipinski definition) is 4. The van der Waals surface area contributed by atoms with E-state index in [1.807, 2.05) is 0 Å². The van der Waals surface area contributed by atoms with Gasteiger partial charge in [-0.15, -0.1) is 11.3 Å². The van der Waals surface area contributed by atoms with Crippen LogP contribution in [-0.4, -0.2) is 36.6 Å². The van der Waals surface area contributed by atoms with Crippen LogP contribution in [0.15, 0.2) is 47.1 Å². The first-order valence-corrected chi connectivity index (χ1v) is 10.4. The normalized spacial score (nSPS) is 12.9. The van der Waals surface area contributed by atoms with Crippen LogP contribution in [0.5, 0.6) is 0 Å². The molecule has 1 aromatic carbocycles. The van der Waals surface area contributed by atoms with Crippen LogP contribution in [0.2, 0.25) is 0 Å². The number of nitrogens with one attached hydrogen (secondary N) is 3. The molecule has 0 atom stereocenters. The number of allylic oxidation sites excluding steroid dienone is 2. The van der Waals surface area contributed by atoms with Gasteiger partial charge < -0.3 is 21.7 Å². The van der Waals surface area contributed by atoms with Crippen molar-refractivity contribution in [2.75, 3.05) is 13.6 Å². The molecule has 0 saturated carbocycles. The highest BCUT2D eigenvalue weighted by Crippen LogP contribution is 2.33. The molecular weight excluding hydrogens is 488 g/mol. The van der Waals surface area contributed by atoms with E-state index in [0.717, 1.165) is 18.2 Å². The number of rotatable bonds is 8. The number of nitrogens with two attached hydrogens (primary N) is 1. The van der Waals surface area contributed by atoms with E-state index in [9.17, 15) is 35.9 Å². The van der Waals surface area contributed by atoms with Gasteiger partial charge in [0.25, 0.3) is 5.91 Å². The largest absolute Gasteiger partial charge is 0.471 e. The average Bonchev–Trinajstić information content (AvgIpc) is 3.29. The summed E-state index contributed by atoms with van der Waals surface area (Å²) in [5, 5.41) is 8.33. The summed E-state index contributed by atoms with van der Waals surface area (Å²) in [4.78, 5) is 26.8. The summed E-state index contributed by atoms with van der Waals surface area (Å²) in [6.07, 6.45) is -7.72. The number of halogens is 6. The van der Waals surface area contributed by atoms with Crippen molar-refractivity contribution in [3.8, 4) is 0 Å². The molecule has 0 aliphatic heterocycles. The van der Waals surface area contributed by atoms with E-state index in [-0.39, 0.29) is 28.3 Å². The molecule has 0 saturated heterocycles. The van der Waals surface area contributed by atoms with E-state index in [4.69, 9.17) is 5.73 Å². The van der Waals surface area contributed by atoms with Crippen LogP contribution in [0.4, 0.5) is 26.3 Å². The Morgan fingerprint density at radius 1 is 1.15 bits per heavy atom. The van der Waals surface area contributed by atoms with Crippen molar-refractivity contribution in [1.29, 1.82) is 0 Å². The maximum atomic E-state index is 13.3. The molecule has 0 spiro atoms. The Labute approximate surface area is 193 Å². The minimum absolute atomic E-state index is 0.0185. The number of benzene rings is 1. The van der Waals surface area contributed by atoms with Crippen LogP contribution in [0.25, 0.3) is 5.70 Å². The van der Waals surface area contributed by atoms with E-state index in [0.29, 0.717) is 0 Å². The molecule has 0 bridgehead atoms. The summed E-state index contributed by atoms with van der Waals surface area (Å²) in [5.74, 6) is -2.52. The highest BCUT2D eigenvalue weighted by atomic mass is 32.1. The van der Waals surface area contributed by atoms with E-state index in [1.54, 1.807) is 0 Å². The minimum Gasteiger partial charge on any atom is -0.398 e. The third kappa shape index (κ3) is 7.50. The van der Waals surface area contributed by atoms with Gasteiger partial charge in [-0.25, -0.2) is 4.98 Å². The van der Waals surface area contributed by atoms with Crippen LogP contribution in [0.3, 0.4) is 0 Å². The summed E-state index contributed by atoms with van der Waals surface area (Å²) in [5.41, 5.74) is 6.38. The molecule has 1 aromatic heterocycles. The van der Waals surface area contributed by atoms with Gasteiger partial charge >= 0.3 is 18.3 Å². The summed E-state index contributed by atoms with van der Waals surface area (Å²) in [6, 6.07) is 2.94. The van der Waals surface area contributed by atoms with Crippen molar-refractivity contribution >= 4 is 28.8 Å². The number of carbonyl (C=O) groups is 2. The van der Waals surface area contributed by atoms with E-state index in [1.165, 1.54) is 46.7 Å². The minimum atomic E-state index is -5.14. The van der Waals surface area contributed by atoms with Crippen LogP contribution >= 0.6 is 11.3 Å². The molecule has 0 aliphatic carbocycles. The molecule has 2 rings (SSSR count). The lowest BCUT2D eigenvalue weighted by Crippen LogP contribution is -2.37. The number of carbonyl (C=O) groups excluding carboxylic acids is 2. The van der Waals surface area contributed by atoms with Crippen LogP contribution in [-0.2, 0) is 17.4 Å². The highest BCUT2D eigenvalue weighted by molar-refractivity contribution is 7.07. The maximum absolute atomic E-state index is 13.3. The standard InChI is InChI=1S/C20H19F6N5O2S/c1-28-16(31-17(32)15-9-34-10-30-15)5-4-14(27)12-2-3-13(19(21,22)23)11(8-12)6-7-29-18(33)20(24,25)26/h2-5,8-10,28H,6-7,27H2,1H3,(H,29,33)(H,31,32)/b14-4-,16-5+. The molecule has 14 heteroatoms. The SMILES string of the molecule is CN/C(=C\C=C(/N)c1ccc(C(F)(F)F)c(CCNC(=O)C(F)(F)F)c1)NC(=O)c1cscn1. The number of aromatic nitrogens is 1. The molecule has 7 nitrogen and oxygen atoms in total. The maximum Gasteiger partial charge on any atom is 0.471 e. The number of amides is 2. The lowest BCUT2D eigenvalue weighted by molar-refractivity contribution is -0.173. The van der Waals surface area contributed by atoms with Gasteiger partial charge in [0.2, 0.25) is 0 Å². The molecule has 1 heterocycles. The fraction of sp³-hybridized carbons (Fsp3) is 0.250. The zero-order chi connectivity index (χ0) is 25.5. The van der Waals surface area contributed by atoms with E-state index in [2.05, 4.69) is 15.6 Å². The van der Waals surface area contributed by atoms with E-state index < -0.39 is 42.7 Å². The zero-order valence-electron chi connectivity index (χ0n) is 17.5. The number of thiazole rings is 1. The molecule has 0 fully saturated rings. The van der Waals surface area contributed by atoms with Gasteiger partial charge in [-0.1, -0.05) is 6.07 Å². The third-order valence-corrected chi connectivity index (χ3v) is 4.88. The fourth-order valence-electron chi connectivity index (χ4n) is 2.64. The summed E-state index contributed by atoms with van der Waals surface area (Å²) < 4.78 is 76.8. The first kappa shape index (κ1) is 26.7. The number of hydrogen-bond acceptors (Lipinski definition) is 6. The smallest absolute Gasteiger partial charge is 0.398 e. The summed E-state index contributed by atoms with van der Waals surface area (Å²) >= 11 is 1.23. The first-order valence-electron chi connectivity index (χ1n) is 9.43. The van der Waals surface area contributed by atoms with Gasteiger partial charge in [-0.05, 0) is 41.8 Å². The lowest BCUT2D eigenvalue weighted by atomic mass is 9.99. The Hall–Kier alpha value is -3.55.